The highest BCUT2D eigenvalue weighted by Crippen LogP contribution is 2.32. The maximum atomic E-state index is 12.5. The van der Waals surface area contributed by atoms with E-state index < -0.39 is 0 Å². The van der Waals surface area contributed by atoms with E-state index in [0.717, 1.165) is 19.4 Å². The minimum atomic E-state index is -0.291. The molecule has 1 aromatic carbocycles. The van der Waals surface area contributed by atoms with Gasteiger partial charge in [0.1, 0.15) is 30.5 Å². The summed E-state index contributed by atoms with van der Waals surface area (Å²) in [4.78, 5) is 21.1. The van der Waals surface area contributed by atoms with E-state index in [4.69, 9.17) is 9.47 Å². The summed E-state index contributed by atoms with van der Waals surface area (Å²) >= 11 is 0. The van der Waals surface area contributed by atoms with Crippen LogP contribution in [0.3, 0.4) is 0 Å². The number of nitrogens with one attached hydrogen (secondary N) is 2. The molecule has 0 bridgehead atoms. The fourth-order valence-corrected chi connectivity index (χ4v) is 2.48. The maximum Gasteiger partial charge on any atom is 0.274 e. The minimum Gasteiger partial charge on any atom is -0.486 e. The molecular weight excluding hydrogens is 320 g/mol. The van der Waals surface area contributed by atoms with Gasteiger partial charge in [-0.1, -0.05) is 13.3 Å². The van der Waals surface area contributed by atoms with Crippen LogP contribution in [-0.4, -0.2) is 35.6 Å². The van der Waals surface area contributed by atoms with Crippen molar-refractivity contribution >= 4 is 17.4 Å². The van der Waals surface area contributed by atoms with Crippen molar-refractivity contribution in [2.75, 3.05) is 30.4 Å². The number of hydrogen-bond donors (Lipinski definition) is 2. The van der Waals surface area contributed by atoms with Crippen molar-refractivity contribution in [3.05, 3.63) is 35.8 Å². The third-order valence-electron chi connectivity index (χ3n) is 3.71. The van der Waals surface area contributed by atoms with Crippen LogP contribution in [0.4, 0.5) is 11.5 Å². The van der Waals surface area contributed by atoms with Crippen molar-refractivity contribution < 1.29 is 14.3 Å². The Morgan fingerprint density at radius 3 is 2.76 bits per heavy atom. The summed E-state index contributed by atoms with van der Waals surface area (Å²) in [6.45, 7) is 5.75. The zero-order valence-electron chi connectivity index (χ0n) is 14.5. The van der Waals surface area contributed by atoms with E-state index in [0.29, 0.717) is 47.7 Å². The molecule has 0 unspecified atom stereocenters. The van der Waals surface area contributed by atoms with E-state index in [-0.39, 0.29) is 5.91 Å². The standard InChI is InChI=1S/C18H22N4O3/c1-3-4-7-19-17-11-14(20-12(2)21-17)18(23)22-13-5-6-15-16(10-13)25-9-8-24-15/h5-6,10-11H,3-4,7-9H2,1-2H3,(H,22,23)(H,19,20,21). The van der Waals surface area contributed by atoms with Gasteiger partial charge in [-0.15, -0.1) is 0 Å². The van der Waals surface area contributed by atoms with Crippen LogP contribution in [0.25, 0.3) is 0 Å². The highest BCUT2D eigenvalue weighted by molar-refractivity contribution is 6.03. The molecule has 25 heavy (non-hydrogen) atoms. The number of benzene rings is 1. The van der Waals surface area contributed by atoms with Gasteiger partial charge in [-0.2, -0.15) is 0 Å². The molecule has 132 valence electrons. The summed E-state index contributed by atoms with van der Waals surface area (Å²) in [5.74, 6) is 2.23. The SMILES string of the molecule is CCCCNc1cc(C(=O)Nc2ccc3c(c2)OCCO3)nc(C)n1. The van der Waals surface area contributed by atoms with Gasteiger partial charge in [0.15, 0.2) is 11.5 Å². The summed E-state index contributed by atoms with van der Waals surface area (Å²) in [6.07, 6.45) is 2.14. The largest absolute Gasteiger partial charge is 0.486 e. The molecule has 0 fully saturated rings. The summed E-state index contributed by atoms with van der Waals surface area (Å²) in [5, 5.41) is 6.06. The molecule has 2 aromatic rings. The highest BCUT2D eigenvalue weighted by atomic mass is 16.6. The Kier molecular flexibility index (Phi) is 5.33. The molecule has 1 aromatic heterocycles. The number of ether oxygens (including phenoxy) is 2. The Labute approximate surface area is 146 Å². The molecule has 2 heterocycles. The number of fused-ring (bicyclic) bond motifs is 1. The molecule has 0 saturated heterocycles. The number of anilines is 2. The molecule has 7 heteroatoms. The second-order valence-electron chi connectivity index (χ2n) is 5.78. The number of hydrogen-bond acceptors (Lipinski definition) is 6. The first kappa shape index (κ1) is 17.0. The lowest BCUT2D eigenvalue weighted by Crippen LogP contribution is -2.17. The number of carbonyl (C=O) groups excluding carboxylic acids is 1. The lowest BCUT2D eigenvalue weighted by molar-refractivity contribution is 0.102. The fourth-order valence-electron chi connectivity index (χ4n) is 2.48. The van der Waals surface area contributed by atoms with E-state index in [1.165, 1.54) is 0 Å². The first-order valence-electron chi connectivity index (χ1n) is 8.46. The number of nitrogens with zero attached hydrogens (tertiary/aromatic N) is 2. The molecule has 0 saturated carbocycles. The summed E-state index contributed by atoms with van der Waals surface area (Å²) < 4.78 is 11.0. The average Bonchev–Trinajstić information content (AvgIpc) is 2.61. The fraction of sp³-hybridized carbons (Fsp3) is 0.389. The second-order valence-corrected chi connectivity index (χ2v) is 5.78. The van der Waals surface area contributed by atoms with Crippen molar-refractivity contribution in [2.24, 2.45) is 0 Å². The number of unbranched alkanes of at least 4 members (excludes halogenated alkanes) is 1. The Bertz CT molecular complexity index is 764. The van der Waals surface area contributed by atoms with Crippen LogP contribution < -0.4 is 20.1 Å². The molecule has 0 spiro atoms. The predicted octanol–water partition coefficient (Wildman–Crippen LogP) is 3.02. The molecule has 0 aliphatic carbocycles. The van der Waals surface area contributed by atoms with Gasteiger partial charge in [0.25, 0.3) is 5.91 Å². The Balaban J connectivity index is 1.72. The van der Waals surface area contributed by atoms with Crippen LogP contribution in [0.2, 0.25) is 0 Å². The van der Waals surface area contributed by atoms with E-state index in [2.05, 4.69) is 27.5 Å². The summed E-state index contributed by atoms with van der Waals surface area (Å²) in [5.41, 5.74) is 0.951. The van der Waals surface area contributed by atoms with Gasteiger partial charge in [-0.25, -0.2) is 9.97 Å². The molecular formula is C18H22N4O3. The molecule has 0 radical (unpaired) electrons. The van der Waals surface area contributed by atoms with Crippen LogP contribution in [0.5, 0.6) is 11.5 Å². The van der Waals surface area contributed by atoms with Crippen molar-refractivity contribution in [3.63, 3.8) is 0 Å². The second kappa shape index (κ2) is 7.83. The summed E-state index contributed by atoms with van der Waals surface area (Å²) in [7, 11) is 0. The maximum absolute atomic E-state index is 12.5. The number of aryl methyl sites for hydroxylation is 1. The molecule has 0 atom stereocenters. The van der Waals surface area contributed by atoms with Gasteiger partial charge in [-0.3, -0.25) is 4.79 Å². The first-order valence-corrected chi connectivity index (χ1v) is 8.46. The lowest BCUT2D eigenvalue weighted by atomic mass is 10.2. The minimum absolute atomic E-state index is 0.291. The smallest absolute Gasteiger partial charge is 0.274 e. The quantitative estimate of drug-likeness (QED) is 0.785. The first-order chi connectivity index (χ1) is 12.2. The topological polar surface area (TPSA) is 85.4 Å². The van der Waals surface area contributed by atoms with Crippen molar-refractivity contribution in [3.8, 4) is 11.5 Å². The highest BCUT2D eigenvalue weighted by Gasteiger charge is 2.15. The Morgan fingerprint density at radius 2 is 1.96 bits per heavy atom. The van der Waals surface area contributed by atoms with Gasteiger partial charge >= 0.3 is 0 Å². The van der Waals surface area contributed by atoms with Gasteiger partial charge in [0.05, 0.1) is 0 Å². The van der Waals surface area contributed by atoms with Gasteiger partial charge in [-0.05, 0) is 25.5 Å². The Hall–Kier alpha value is -2.83. The predicted molar refractivity (Wildman–Crippen MR) is 95.6 cm³/mol. The lowest BCUT2D eigenvalue weighted by Gasteiger charge is -2.19. The van der Waals surface area contributed by atoms with Gasteiger partial charge in [0.2, 0.25) is 0 Å². The Morgan fingerprint density at radius 1 is 1.16 bits per heavy atom. The van der Waals surface area contributed by atoms with Crippen molar-refractivity contribution in [1.29, 1.82) is 0 Å². The monoisotopic (exact) mass is 342 g/mol. The van der Waals surface area contributed by atoms with E-state index in [9.17, 15) is 4.79 Å². The normalized spacial score (nSPS) is 12.6. The van der Waals surface area contributed by atoms with Gasteiger partial charge in [0, 0.05) is 24.4 Å². The number of carbonyl (C=O) groups is 1. The number of aromatic nitrogens is 2. The van der Waals surface area contributed by atoms with Crippen LogP contribution in [0.1, 0.15) is 36.1 Å². The van der Waals surface area contributed by atoms with Crippen LogP contribution in [-0.2, 0) is 0 Å². The van der Waals surface area contributed by atoms with E-state index in [1.807, 2.05) is 0 Å². The van der Waals surface area contributed by atoms with E-state index >= 15 is 0 Å². The molecule has 7 nitrogen and oxygen atoms in total. The number of rotatable bonds is 6. The van der Waals surface area contributed by atoms with Crippen LogP contribution in [0, 0.1) is 6.92 Å². The third kappa shape index (κ3) is 4.37. The van der Waals surface area contributed by atoms with Crippen molar-refractivity contribution in [2.45, 2.75) is 26.7 Å². The van der Waals surface area contributed by atoms with E-state index in [1.54, 1.807) is 31.2 Å². The van der Waals surface area contributed by atoms with Crippen LogP contribution in [0.15, 0.2) is 24.3 Å². The third-order valence-corrected chi connectivity index (χ3v) is 3.71. The molecule has 1 aliphatic rings. The zero-order chi connectivity index (χ0) is 17.6. The van der Waals surface area contributed by atoms with Crippen LogP contribution >= 0.6 is 0 Å². The summed E-state index contributed by atoms with van der Waals surface area (Å²) in [6, 6.07) is 6.98. The number of amides is 1. The molecule has 3 rings (SSSR count). The molecule has 1 amide bonds. The van der Waals surface area contributed by atoms with Crippen molar-refractivity contribution in [1.82, 2.24) is 9.97 Å². The van der Waals surface area contributed by atoms with Gasteiger partial charge < -0.3 is 20.1 Å². The molecule has 2 N–H and O–H groups in total. The zero-order valence-corrected chi connectivity index (χ0v) is 14.5. The average molecular weight is 342 g/mol. The molecule has 1 aliphatic heterocycles.